The van der Waals surface area contributed by atoms with Crippen LogP contribution in [0.4, 0.5) is 27.5 Å². The van der Waals surface area contributed by atoms with Gasteiger partial charge in [-0.05, 0) is 42.5 Å². The Kier molecular flexibility index (Phi) is 5.11. The lowest BCUT2D eigenvalue weighted by atomic mass is 10.2. The van der Waals surface area contributed by atoms with Gasteiger partial charge in [0.2, 0.25) is 0 Å². The lowest BCUT2D eigenvalue weighted by molar-refractivity contribution is 0.259. The van der Waals surface area contributed by atoms with Crippen molar-refractivity contribution in [1.82, 2.24) is 0 Å². The van der Waals surface area contributed by atoms with Gasteiger partial charge in [-0.3, -0.25) is 4.55 Å². The van der Waals surface area contributed by atoms with Gasteiger partial charge >= 0.3 is 6.03 Å². The second-order valence-corrected chi connectivity index (χ2v) is 6.06. The minimum atomic E-state index is -4.26. The second kappa shape index (κ2) is 7.06. The van der Waals surface area contributed by atoms with Crippen LogP contribution in [0.1, 0.15) is 0 Å². The number of carbonyl (C=O) groups excluding carboxylic acids is 1. The molecular formula is C14H15N5O4S. The number of urea groups is 1. The van der Waals surface area contributed by atoms with Crippen LogP contribution in [0, 0.1) is 0 Å². The minimum absolute atomic E-state index is 0.240. The number of rotatable bonds is 5. The first kappa shape index (κ1) is 17.4. The van der Waals surface area contributed by atoms with Crippen LogP contribution >= 0.6 is 0 Å². The molecule has 0 saturated heterocycles. The van der Waals surface area contributed by atoms with Crippen molar-refractivity contribution in [2.24, 2.45) is 16.0 Å². The van der Waals surface area contributed by atoms with E-state index in [9.17, 15) is 13.2 Å². The lowest BCUT2D eigenvalue weighted by Crippen LogP contribution is -2.19. The highest BCUT2D eigenvalue weighted by Gasteiger charge is 2.08. The summed E-state index contributed by atoms with van der Waals surface area (Å²) >= 11 is 0. The van der Waals surface area contributed by atoms with Gasteiger partial charge in [-0.15, -0.1) is 5.11 Å². The summed E-state index contributed by atoms with van der Waals surface area (Å²) in [5.41, 5.74) is 6.97. The quantitative estimate of drug-likeness (QED) is 0.484. The van der Waals surface area contributed by atoms with Gasteiger partial charge in [0, 0.05) is 12.7 Å². The van der Waals surface area contributed by atoms with E-state index in [-0.39, 0.29) is 4.90 Å². The number of benzene rings is 2. The zero-order valence-electron chi connectivity index (χ0n) is 12.6. The number of amides is 2. The molecule has 0 saturated carbocycles. The highest BCUT2D eigenvalue weighted by Crippen LogP contribution is 2.30. The Labute approximate surface area is 138 Å². The van der Waals surface area contributed by atoms with E-state index in [2.05, 4.69) is 20.9 Å². The number of nitrogens with one attached hydrogen (secondary N) is 2. The van der Waals surface area contributed by atoms with E-state index in [0.717, 1.165) is 5.69 Å². The van der Waals surface area contributed by atoms with E-state index in [4.69, 9.17) is 10.3 Å². The van der Waals surface area contributed by atoms with Crippen LogP contribution in [-0.2, 0) is 10.1 Å². The largest absolute Gasteiger partial charge is 0.388 e. The molecule has 9 nitrogen and oxygen atoms in total. The molecule has 0 radical (unpaired) electrons. The summed E-state index contributed by atoms with van der Waals surface area (Å²) in [6.45, 7) is 0. The van der Waals surface area contributed by atoms with Crippen molar-refractivity contribution in [3.63, 3.8) is 0 Å². The standard InChI is InChI=1S/C14H15N5O4S/c1-16-10-4-7-12(13(8-10)17-14(15)20)19-18-9-2-5-11(6-3-9)24(21,22)23/h2-8,16H,1H3,(H3,15,17,20)(H,21,22,23). The molecule has 2 aromatic carbocycles. The van der Waals surface area contributed by atoms with Crippen molar-refractivity contribution >= 4 is 38.9 Å². The molecule has 0 aliphatic heterocycles. The first-order valence-corrected chi connectivity index (χ1v) is 8.11. The van der Waals surface area contributed by atoms with Crippen LogP contribution < -0.4 is 16.4 Å². The van der Waals surface area contributed by atoms with E-state index in [0.29, 0.717) is 17.1 Å². The van der Waals surface area contributed by atoms with Crippen LogP contribution in [-0.4, -0.2) is 26.0 Å². The Morgan fingerprint density at radius 2 is 1.79 bits per heavy atom. The Morgan fingerprint density at radius 1 is 1.12 bits per heavy atom. The Balaban J connectivity index is 2.29. The molecular weight excluding hydrogens is 334 g/mol. The van der Waals surface area contributed by atoms with Crippen molar-refractivity contribution < 1.29 is 17.8 Å². The third kappa shape index (κ3) is 4.51. The van der Waals surface area contributed by atoms with Crippen LogP contribution in [0.25, 0.3) is 0 Å². The minimum Gasteiger partial charge on any atom is -0.388 e. The summed E-state index contributed by atoms with van der Waals surface area (Å²) in [5.74, 6) is 0. The number of hydrogen-bond donors (Lipinski definition) is 4. The van der Waals surface area contributed by atoms with Crippen LogP contribution in [0.2, 0.25) is 0 Å². The highest BCUT2D eigenvalue weighted by molar-refractivity contribution is 7.85. The number of hydrogen-bond acceptors (Lipinski definition) is 6. The van der Waals surface area contributed by atoms with Crippen molar-refractivity contribution in [1.29, 1.82) is 0 Å². The van der Waals surface area contributed by atoms with Gasteiger partial charge in [0.15, 0.2) is 0 Å². The van der Waals surface area contributed by atoms with Gasteiger partial charge in [-0.2, -0.15) is 13.5 Å². The zero-order valence-corrected chi connectivity index (χ0v) is 13.4. The average molecular weight is 349 g/mol. The Bertz CT molecular complexity index is 879. The van der Waals surface area contributed by atoms with Crippen LogP contribution in [0.15, 0.2) is 57.6 Å². The molecule has 10 heteroatoms. The predicted octanol–water partition coefficient (Wildman–Crippen LogP) is 2.88. The van der Waals surface area contributed by atoms with E-state index in [1.165, 1.54) is 24.3 Å². The van der Waals surface area contributed by atoms with Crippen LogP contribution in [0.3, 0.4) is 0 Å². The third-order valence-corrected chi connectivity index (χ3v) is 3.82. The van der Waals surface area contributed by atoms with Gasteiger partial charge in [-0.25, -0.2) is 4.79 Å². The summed E-state index contributed by atoms with van der Waals surface area (Å²) < 4.78 is 30.9. The van der Waals surface area contributed by atoms with E-state index in [1.807, 2.05) is 0 Å². The normalized spacial score (nSPS) is 11.4. The molecule has 2 rings (SSSR count). The fourth-order valence-corrected chi connectivity index (χ4v) is 2.29. The van der Waals surface area contributed by atoms with Crippen molar-refractivity contribution in [2.45, 2.75) is 4.90 Å². The van der Waals surface area contributed by atoms with Gasteiger partial charge in [-0.1, -0.05) is 0 Å². The van der Waals surface area contributed by atoms with Crippen molar-refractivity contribution in [3.8, 4) is 0 Å². The molecule has 0 heterocycles. The molecule has 24 heavy (non-hydrogen) atoms. The van der Waals surface area contributed by atoms with Gasteiger partial charge in [0.1, 0.15) is 5.69 Å². The number of primary amides is 1. The maximum atomic E-state index is 11.1. The Hall–Kier alpha value is -2.98. The summed E-state index contributed by atoms with van der Waals surface area (Å²) in [4.78, 5) is 10.8. The van der Waals surface area contributed by atoms with Gasteiger partial charge in [0.05, 0.1) is 16.3 Å². The average Bonchev–Trinajstić information content (AvgIpc) is 2.52. The predicted molar refractivity (Wildman–Crippen MR) is 89.6 cm³/mol. The van der Waals surface area contributed by atoms with Gasteiger partial charge in [0.25, 0.3) is 10.1 Å². The number of nitrogens with zero attached hydrogens (tertiary/aromatic N) is 2. The molecule has 126 valence electrons. The smallest absolute Gasteiger partial charge is 0.316 e. The molecule has 0 spiro atoms. The molecule has 0 atom stereocenters. The second-order valence-electron chi connectivity index (χ2n) is 4.64. The first-order valence-electron chi connectivity index (χ1n) is 6.67. The molecule has 0 aliphatic rings. The molecule has 5 N–H and O–H groups in total. The molecule has 0 fully saturated rings. The number of azo groups is 1. The van der Waals surface area contributed by atoms with Crippen LogP contribution in [0.5, 0.6) is 0 Å². The monoisotopic (exact) mass is 349 g/mol. The maximum absolute atomic E-state index is 11.1. The highest BCUT2D eigenvalue weighted by atomic mass is 32.2. The Morgan fingerprint density at radius 3 is 2.33 bits per heavy atom. The summed E-state index contributed by atoms with van der Waals surface area (Å²) in [5, 5.41) is 13.3. The SMILES string of the molecule is CNc1ccc(N=Nc2ccc(S(=O)(=O)O)cc2)c(NC(N)=O)c1. The van der Waals surface area contributed by atoms with E-state index in [1.54, 1.807) is 25.2 Å². The van der Waals surface area contributed by atoms with Crippen molar-refractivity contribution in [3.05, 3.63) is 42.5 Å². The topological polar surface area (TPSA) is 146 Å². The number of carbonyl (C=O) groups is 1. The fraction of sp³-hybridized carbons (Fsp3) is 0.0714. The molecule has 0 bridgehead atoms. The zero-order chi connectivity index (χ0) is 17.7. The maximum Gasteiger partial charge on any atom is 0.316 e. The van der Waals surface area contributed by atoms with Gasteiger partial charge < -0.3 is 16.4 Å². The molecule has 0 aromatic heterocycles. The first-order chi connectivity index (χ1) is 11.3. The number of anilines is 2. The molecule has 0 unspecified atom stereocenters. The summed E-state index contributed by atoms with van der Waals surface area (Å²) in [6, 6.07) is 9.45. The van der Waals surface area contributed by atoms with E-state index >= 15 is 0 Å². The summed E-state index contributed by atoms with van der Waals surface area (Å²) in [7, 11) is -2.53. The summed E-state index contributed by atoms with van der Waals surface area (Å²) in [6.07, 6.45) is 0. The lowest BCUT2D eigenvalue weighted by Gasteiger charge is -2.08. The molecule has 2 aromatic rings. The number of nitrogens with two attached hydrogens (primary N) is 1. The third-order valence-electron chi connectivity index (χ3n) is 2.95. The molecule has 2 amide bonds. The fourth-order valence-electron chi connectivity index (χ4n) is 1.81. The molecule has 0 aliphatic carbocycles. The van der Waals surface area contributed by atoms with Crippen molar-refractivity contribution in [2.75, 3.05) is 17.7 Å². The van der Waals surface area contributed by atoms with E-state index < -0.39 is 16.1 Å².